The second kappa shape index (κ2) is 13.7. The van der Waals surface area contributed by atoms with Gasteiger partial charge in [-0.05, 0) is 43.9 Å². The number of unbranched alkanes of at least 4 members (excludes halogenated alkanes) is 1. The van der Waals surface area contributed by atoms with Crippen molar-refractivity contribution in [2.75, 3.05) is 51.8 Å². The Kier molecular flexibility index (Phi) is 13.9. The van der Waals surface area contributed by atoms with Crippen LogP contribution in [0.3, 0.4) is 0 Å². The molecular weight excluding hydrogens is 407 g/mol. The number of piperidine rings is 1. The Hall–Kier alpha value is 0.310. The number of rotatable bonds is 8. The molecular formula is C16H35IN4S. The largest absolute Gasteiger partial charge is 0.356 e. The fraction of sp³-hybridized carbons (Fsp3) is 0.938. The van der Waals surface area contributed by atoms with Crippen LogP contribution < -0.4 is 10.6 Å². The normalized spacial score (nSPS) is 23.0. The van der Waals surface area contributed by atoms with Gasteiger partial charge in [0.2, 0.25) is 0 Å². The molecule has 1 heterocycles. The zero-order valence-corrected chi connectivity index (χ0v) is 17.9. The topological polar surface area (TPSA) is 39.7 Å². The molecule has 22 heavy (non-hydrogen) atoms. The zero-order chi connectivity index (χ0) is 15.5. The van der Waals surface area contributed by atoms with Gasteiger partial charge in [0.25, 0.3) is 0 Å². The van der Waals surface area contributed by atoms with Crippen LogP contribution in [-0.4, -0.2) is 62.6 Å². The number of thioether (sulfide) groups is 1. The molecule has 0 amide bonds. The molecule has 0 aromatic heterocycles. The van der Waals surface area contributed by atoms with Gasteiger partial charge in [0.15, 0.2) is 5.96 Å². The molecule has 2 unspecified atom stereocenters. The molecule has 0 aromatic carbocycles. The van der Waals surface area contributed by atoms with Crippen LogP contribution in [0.5, 0.6) is 0 Å². The minimum absolute atomic E-state index is 0. The van der Waals surface area contributed by atoms with Crippen molar-refractivity contribution in [1.29, 1.82) is 0 Å². The molecule has 1 aliphatic rings. The van der Waals surface area contributed by atoms with Gasteiger partial charge in [0.1, 0.15) is 0 Å². The summed E-state index contributed by atoms with van der Waals surface area (Å²) in [6.07, 6.45) is 6.01. The number of halogens is 1. The Morgan fingerprint density at radius 1 is 1.14 bits per heavy atom. The predicted octanol–water partition coefficient (Wildman–Crippen LogP) is 2.89. The van der Waals surface area contributed by atoms with Gasteiger partial charge in [-0.3, -0.25) is 4.99 Å². The Labute approximate surface area is 158 Å². The molecule has 1 aliphatic heterocycles. The van der Waals surface area contributed by atoms with Crippen molar-refractivity contribution in [3.63, 3.8) is 0 Å². The van der Waals surface area contributed by atoms with Crippen molar-refractivity contribution >= 4 is 41.7 Å². The molecule has 0 saturated carbocycles. The van der Waals surface area contributed by atoms with E-state index in [4.69, 9.17) is 0 Å². The molecule has 1 rings (SSSR count). The van der Waals surface area contributed by atoms with E-state index in [1.54, 1.807) is 0 Å². The fourth-order valence-electron chi connectivity index (χ4n) is 3.13. The van der Waals surface area contributed by atoms with Crippen LogP contribution in [-0.2, 0) is 0 Å². The van der Waals surface area contributed by atoms with Crippen LogP contribution >= 0.6 is 35.7 Å². The number of likely N-dealkylation sites (tertiary alicyclic amines) is 1. The maximum absolute atomic E-state index is 4.24. The number of nitrogens with zero attached hydrogens (tertiary/aromatic N) is 2. The summed E-state index contributed by atoms with van der Waals surface area (Å²) >= 11 is 1.85. The molecule has 2 atom stereocenters. The summed E-state index contributed by atoms with van der Waals surface area (Å²) in [5.41, 5.74) is 0. The highest BCUT2D eigenvalue weighted by atomic mass is 127. The third-order valence-electron chi connectivity index (χ3n) is 3.96. The quantitative estimate of drug-likeness (QED) is 0.263. The standard InChI is InChI=1S/C16H34N4S.HI/c1-14-11-15(2)13-20(12-14)9-6-5-7-18-16(17-3)19-8-10-21-4;/h14-15H,5-13H2,1-4H3,(H2,17,18,19);1H. The van der Waals surface area contributed by atoms with Gasteiger partial charge in [-0.15, -0.1) is 24.0 Å². The van der Waals surface area contributed by atoms with E-state index in [2.05, 4.69) is 40.6 Å². The molecule has 4 nitrogen and oxygen atoms in total. The lowest BCUT2D eigenvalue weighted by Gasteiger charge is -2.34. The van der Waals surface area contributed by atoms with Crippen LogP contribution in [0, 0.1) is 11.8 Å². The molecule has 2 N–H and O–H groups in total. The lowest BCUT2D eigenvalue weighted by atomic mass is 9.92. The lowest BCUT2D eigenvalue weighted by molar-refractivity contribution is 0.139. The molecule has 1 fully saturated rings. The summed E-state index contributed by atoms with van der Waals surface area (Å²) in [5, 5.41) is 6.72. The third-order valence-corrected chi connectivity index (χ3v) is 4.57. The van der Waals surface area contributed by atoms with Gasteiger partial charge < -0.3 is 15.5 Å². The summed E-state index contributed by atoms with van der Waals surface area (Å²) in [6, 6.07) is 0. The van der Waals surface area contributed by atoms with E-state index in [0.717, 1.165) is 36.6 Å². The fourth-order valence-corrected chi connectivity index (χ4v) is 3.44. The Balaban J connectivity index is 0.00000441. The second-order valence-corrected chi connectivity index (χ2v) is 7.32. The molecule has 0 aliphatic carbocycles. The van der Waals surface area contributed by atoms with E-state index < -0.39 is 0 Å². The summed E-state index contributed by atoms with van der Waals surface area (Å²) in [7, 11) is 1.84. The number of nitrogens with one attached hydrogen (secondary N) is 2. The number of aliphatic imine (C=N–C) groups is 1. The number of guanidine groups is 1. The first-order valence-corrected chi connectivity index (χ1v) is 9.71. The number of hydrogen-bond acceptors (Lipinski definition) is 3. The van der Waals surface area contributed by atoms with E-state index in [1.807, 2.05) is 18.8 Å². The first kappa shape index (κ1) is 22.3. The first-order chi connectivity index (χ1) is 10.2. The van der Waals surface area contributed by atoms with E-state index in [0.29, 0.717) is 0 Å². The van der Waals surface area contributed by atoms with Crippen molar-refractivity contribution in [1.82, 2.24) is 15.5 Å². The van der Waals surface area contributed by atoms with Gasteiger partial charge in [0, 0.05) is 39.0 Å². The van der Waals surface area contributed by atoms with E-state index in [-0.39, 0.29) is 24.0 Å². The average Bonchev–Trinajstić information content (AvgIpc) is 2.44. The van der Waals surface area contributed by atoms with E-state index in [9.17, 15) is 0 Å². The molecule has 0 bridgehead atoms. The van der Waals surface area contributed by atoms with Crippen LogP contribution in [0.4, 0.5) is 0 Å². The molecule has 0 spiro atoms. The maximum atomic E-state index is 4.24. The summed E-state index contributed by atoms with van der Waals surface area (Å²) < 4.78 is 0. The van der Waals surface area contributed by atoms with Gasteiger partial charge in [-0.1, -0.05) is 13.8 Å². The molecule has 0 radical (unpaired) electrons. The molecule has 132 valence electrons. The Morgan fingerprint density at radius 2 is 1.77 bits per heavy atom. The molecule has 1 saturated heterocycles. The van der Waals surface area contributed by atoms with Crippen LogP contribution in [0.15, 0.2) is 4.99 Å². The van der Waals surface area contributed by atoms with E-state index in [1.165, 1.54) is 38.9 Å². The highest BCUT2D eigenvalue weighted by Crippen LogP contribution is 2.20. The SMILES string of the molecule is CN=C(NCCCCN1CC(C)CC(C)C1)NCCSC.I. The van der Waals surface area contributed by atoms with Crippen molar-refractivity contribution in [3.8, 4) is 0 Å². The van der Waals surface area contributed by atoms with Crippen LogP contribution in [0.25, 0.3) is 0 Å². The van der Waals surface area contributed by atoms with Crippen molar-refractivity contribution < 1.29 is 0 Å². The van der Waals surface area contributed by atoms with Gasteiger partial charge in [0.05, 0.1) is 0 Å². The van der Waals surface area contributed by atoms with Gasteiger partial charge in [-0.25, -0.2) is 0 Å². The number of hydrogen-bond donors (Lipinski definition) is 2. The van der Waals surface area contributed by atoms with Crippen molar-refractivity contribution in [2.24, 2.45) is 16.8 Å². The van der Waals surface area contributed by atoms with Crippen LogP contribution in [0.1, 0.15) is 33.1 Å². The first-order valence-electron chi connectivity index (χ1n) is 8.31. The summed E-state index contributed by atoms with van der Waals surface area (Å²) in [5.74, 6) is 3.79. The smallest absolute Gasteiger partial charge is 0.191 e. The minimum atomic E-state index is 0. The summed E-state index contributed by atoms with van der Waals surface area (Å²) in [4.78, 5) is 6.89. The van der Waals surface area contributed by atoms with E-state index >= 15 is 0 Å². The average molecular weight is 442 g/mol. The molecule has 6 heteroatoms. The summed E-state index contributed by atoms with van der Waals surface area (Å²) in [6.45, 7) is 10.6. The Bertz CT molecular complexity index is 292. The van der Waals surface area contributed by atoms with Crippen molar-refractivity contribution in [2.45, 2.75) is 33.1 Å². The predicted molar refractivity (Wildman–Crippen MR) is 112 cm³/mol. The molecule has 0 aromatic rings. The highest BCUT2D eigenvalue weighted by Gasteiger charge is 2.20. The van der Waals surface area contributed by atoms with Crippen molar-refractivity contribution in [3.05, 3.63) is 0 Å². The monoisotopic (exact) mass is 442 g/mol. The zero-order valence-electron chi connectivity index (χ0n) is 14.7. The second-order valence-electron chi connectivity index (χ2n) is 6.33. The third kappa shape index (κ3) is 10.2. The Morgan fingerprint density at radius 3 is 2.36 bits per heavy atom. The van der Waals surface area contributed by atoms with Gasteiger partial charge >= 0.3 is 0 Å². The van der Waals surface area contributed by atoms with Gasteiger partial charge in [-0.2, -0.15) is 11.8 Å². The maximum Gasteiger partial charge on any atom is 0.191 e. The minimum Gasteiger partial charge on any atom is -0.356 e. The van der Waals surface area contributed by atoms with Crippen LogP contribution in [0.2, 0.25) is 0 Å². The highest BCUT2D eigenvalue weighted by molar-refractivity contribution is 14.0. The lowest BCUT2D eigenvalue weighted by Crippen LogP contribution is -2.40.